The van der Waals surface area contributed by atoms with E-state index in [4.69, 9.17) is 11.6 Å². The van der Waals surface area contributed by atoms with Crippen LogP contribution in [0.15, 0.2) is 11.0 Å². The molecular weight excluding hydrogens is 244 g/mol. The van der Waals surface area contributed by atoms with Crippen LogP contribution >= 0.6 is 11.6 Å². The average Bonchev–Trinajstić information content (AvgIpc) is 2.21. The minimum Gasteiger partial charge on any atom is -0.469 e. The Morgan fingerprint density at radius 3 is 2.75 bits per heavy atom. The third kappa shape index (κ3) is 2.57. The molecule has 1 heterocycles. The summed E-state index contributed by atoms with van der Waals surface area (Å²) in [5.41, 5.74) is -1.88. The van der Waals surface area contributed by atoms with Gasteiger partial charge in [-0.3, -0.25) is 9.59 Å². The first-order chi connectivity index (χ1) is 7.47. The van der Waals surface area contributed by atoms with Crippen molar-refractivity contribution < 1.29 is 18.3 Å². The second-order valence-electron chi connectivity index (χ2n) is 2.92. The Morgan fingerprint density at radius 1 is 1.62 bits per heavy atom. The molecule has 0 radical (unpaired) electrons. The molecule has 1 rings (SSSR count). The number of ether oxygens (including phenoxy) is 1. The lowest BCUT2D eigenvalue weighted by Crippen LogP contribution is -2.19. The third-order valence-electron chi connectivity index (χ3n) is 1.93. The van der Waals surface area contributed by atoms with Crippen LogP contribution in [0.5, 0.6) is 0 Å². The normalized spacial score (nSPS) is 10.6. The molecule has 4 nitrogen and oxygen atoms in total. The van der Waals surface area contributed by atoms with E-state index >= 15 is 0 Å². The predicted octanol–water partition coefficient (Wildman–Crippen LogP) is 1.68. The largest absolute Gasteiger partial charge is 0.469 e. The van der Waals surface area contributed by atoms with E-state index in [9.17, 15) is 18.4 Å². The van der Waals surface area contributed by atoms with Gasteiger partial charge in [-0.2, -0.15) is 0 Å². The molecule has 1 N–H and O–H groups in total. The Kier molecular flexibility index (Phi) is 4.00. The van der Waals surface area contributed by atoms with Crippen molar-refractivity contribution >= 4 is 17.6 Å². The van der Waals surface area contributed by atoms with Crippen LogP contribution in [0.1, 0.15) is 17.6 Å². The molecule has 0 aromatic carbocycles. The Morgan fingerprint density at radius 2 is 2.25 bits per heavy atom. The number of hydrogen-bond acceptors (Lipinski definition) is 3. The van der Waals surface area contributed by atoms with E-state index in [0.717, 1.165) is 13.3 Å². The molecule has 0 amide bonds. The topological polar surface area (TPSA) is 59.2 Å². The molecule has 1 aromatic heterocycles. The van der Waals surface area contributed by atoms with Gasteiger partial charge in [0.15, 0.2) is 5.43 Å². The van der Waals surface area contributed by atoms with E-state index < -0.39 is 28.5 Å². The smallest absolute Gasteiger partial charge is 0.310 e. The molecule has 0 bridgehead atoms. The molecule has 0 atom stereocenters. The number of nitrogens with one attached hydrogen (secondary N) is 1. The molecule has 0 aliphatic heterocycles. The van der Waals surface area contributed by atoms with Crippen LogP contribution in [0.25, 0.3) is 0 Å². The number of aromatic amines is 1. The van der Waals surface area contributed by atoms with Crippen molar-refractivity contribution in [2.24, 2.45) is 0 Å². The highest BCUT2D eigenvalue weighted by molar-refractivity contribution is 6.30. The van der Waals surface area contributed by atoms with Gasteiger partial charge >= 0.3 is 5.97 Å². The fourth-order valence-electron chi connectivity index (χ4n) is 1.12. The number of carbonyl (C=O) groups is 1. The lowest BCUT2D eigenvalue weighted by Gasteiger charge is -2.05. The summed E-state index contributed by atoms with van der Waals surface area (Å²) in [4.78, 5) is 24.7. The van der Waals surface area contributed by atoms with Gasteiger partial charge in [0.2, 0.25) is 0 Å². The summed E-state index contributed by atoms with van der Waals surface area (Å²) >= 11 is 5.42. The zero-order valence-corrected chi connectivity index (χ0v) is 8.98. The highest BCUT2D eigenvalue weighted by Crippen LogP contribution is 2.21. The maximum atomic E-state index is 12.5. The van der Waals surface area contributed by atoms with Crippen molar-refractivity contribution in [2.45, 2.75) is 12.8 Å². The Bertz CT molecular complexity index is 459. The van der Waals surface area contributed by atoms with Gasteiger partial charge in [0.05, 0.1) is 13.5 Å². The van der Waals surface area contributed by atoms with Crippen molar-refractivity contribution in [1.82, 2.24) is 4.98 Å². The molecule has 0 spiro atoms. The first-order valence-corrected chi connectivity index (χ1v) is 4.60. The molecule has 0 saturated carbocycles. The SMILES string of the molecule is COC(=O)Cc1c[nH]c(Cl)c(C(F)F)c1=O. The summed E-state index contributed by atoms with van der Waals surface area (Å²) in [6.07, 6.45) is -2.25. The summed E-state index contributed by atoms with van der Waals surface area (Å²) in [6, 6.07) is 0. The number of H-pyrrole nitrogens is 1. The van der Waals surface area contributed by atoms with Gasteiger partial charge in [0, 0.05) is 11.8 Å². The van der Waals surface area contributed by atoms with E-state index in [1.807, 2.05) is 0 Å². The van der Waals surface area contributed by atoms with Crippen LogP contribution in [0.3, 0.4) is 0 Å². The summed E-state index contributed by atoms with van der Waals surface area (Å²) in [5, 5.41) is -0.423. The van der Waals surface area contributed by atoms with Crippen LogP contribution < -0.4 is 5.43 Å². The highest BCUT2D eigenvalue weighted by Gasteiger charge is 2.20. The number of esters is 1. The van der Waals surface area contributed by atoms with Gasteiger partial charge < -0.3 is 9.72 Å². The molecular formula is C9H8ClF2NO3. The standard InChI is InChI=1S/C9H8ClF2NO3/c1-16-5(14)2-4-3-13-8(10)6(7(4)15)9(11)12/h3,9H,2H2,1H3,(H,13,15). The van der Waals surface area contributed by atoms with Crippen LogP contribution in [-0.4, -0.2) is 18.1 Å². The van der Waals surface area contributed by atoms with Crippen molar-refractivity contribution in [3.63, 3.8) is 0 Å². The zero-order valence-electron chi connectivity index (χ0n) is 8.22. The monoisotopic (exact) mass is 251 g/mol. The fraction of sp³-hybridized carbons (Fsp3) is 0.333. The molecule has 1 aromatic rings. The minimum absolute atomic E-state index is 0.105. The van der Waals surface area contributed by atoms with Gasteiger partial charge in [0.1, 0.15) is 10.7 Å². The van der Waals surface area contributed by atoms with E-state index in [-0.39, 0.29) is 12.0 Å². The Balaban J connectivity index is 3.19. The second-order valence-corrected chi connectivity index (χ2v) is 3.30. The third-order valence-corrected chi connectivity index (χ3v) is 2.24. The molecule has 0 aliphatic rings. The molecule has 16 heavy (non-hydrogen) atoms. The predicted molar refractivity (Wildman–Crippen MR) is 52.7 cm³/mol. The van der Waals surface area contributed by atoms with Crippen molar-refractivity contribution in [3.05, 3.63) is 32.7 Å². The number of aromatic nitrogens is 1. The second kappa shape index (κ2) is 5.07. The van der Waals surface area contributed by atoms with E-state index in [1.54, 1.807) is 0 Å². The number of rotatable bonds is 3. The maximum Gasteiger partial charge on any atom is 0.310 e. The van der Waals surface area contributed by atoms with Gasteiger partial charge in [0.25, 0.3) is 6.43 Å². The number of halogens is 3. The van der Waals surface area contributed by atoms with E-state index in [0.29, 0.717) is 0 Å². The summed E-state index contributed by atoms with van der Waals surface area (Å²) in [5.74, 6) is -0.687. The lowest BCUT2D eigenvalue weighted by atomic mass is 10.1. The maximum absolute atomic E-state index is 12.5. The van der Waals surface area contributed by atoms with Gasteiger partial charge in [-0.1, -0.05) is 11.6 Å². The van der Waals surface area contributed by atoms with Gasteiger partial charge in [-0.15, -0.1) is 0 Å². The van der Waals surface area contributed by atoms with Crippen molar-refractivity contribution in [2.75, 3.05) is 7.11 Å². The fourth-order valence-corrected chi connectivity index (χ4v) is 1.34. The van der Waals surface area contributed by atoms with E-state index in [1.165, 1.54) is 0 Å². The Labute approximate surface area is 94.2 Å². The molecule has 88 valence electrons. The quantitative estimate of drug-likeness (QED) is 0.657. The highest BCUT2D eigenvalue weighted by atomic mass is 35.5. The molecule has 0 saturated heterocycles. The number of alkyl halides is 2. The summed E-state index contributed by atoms with van der Waals surface area (Å²) in [7, 11) is 1.14. The molecule has 0 aliphatic carbocycles. The first-order valence-electron chi connectivity index (χ1n) is 4.22. The van der Waals surface area contributed by atoms with Crippen LogP contribution in [-0.2, 0) is 16.0 Å². The average molecular weight is 252 g/mol. The lowest BCUT2D eigenvalue weighted by molar-refractivity contribution is -0.139. The van der Waals surface area contributed by atoms with Gasteiger partial charge in [-0.25, -0.2) is 8.78 Å². The van der Waals surface area contributed by atoms with E-state index in [2.05, 4.69) is 9.72 Å². The van der Waals surface area contributed by atoms with Crippen LogP contribution in [0.2, 0.25) is 5.15 Å². The number of pyridine rings is 1. The molecule has 7 heteroatoms. The molecule has 0 unspecified atom stereocenters. The minimum atomic E-state index is -2.99. The Hall–Kier alpha value is -1.43. The number of methoxy groups -OCH3 is 1. The van der Waals surface area contributed by atoms with Crippen LogP contribution in [0.4, 0.5) is 8.78 Å². The number of carbonyl (C=O) groups excluding carboxylic acids is 1. The van der Waals surface area contributed by atoms with Gasteiger partial charge in [-0.05, 0) is 0 Å². The molecule has 0 fully saturated rings. The summed E-state index contributed by atoms with van der Waals surface area (Å²) in [6.45, 7) is 0. The number of hydrogen-bond donors (Lipinski definition) is 1. The van der Waals surface area contributed by atoms with Crippen molar-refractivity contribution in [1.29, 1.82) is 0 Å². The zero-order chi connectivity index (χ0) is 12.3. The summed E-state index contributed by atoms with van der Waals surface area (Å²) < 4.78 is 29.3. The van der Waals surface area contributed by atoms with Crippen LogP contribution in [0, 0.1) is 0 Å². The first kappa shape index (κ1) is 12.6. The van der Waals surface area contributed by atoms with Crippen molar-refractivity contribution in [3.8, 4) is 0 Å².